The van der Waals surface area contributed by atoms with E-state index >= 15 is 0 Å². The molecule has 0 radical (unpaired) electrons. The Morgan fingerprint density at radius 1 is 1.50 bits per heavy atom. The number of hydrogen-bond donors (Lipinski definition) is 1. The van der Waals surface area contributed by atoms with Crippen molar-refractivity contribution in [1.29, 1.82) is 0 Å². The Labute approximate surface area is 103 Å². The molecule has 0 saturated carbocycles. The number of hydrogen-bond acceptors (Lipinski definition) is 3. The lowest BCUT2D eigenvalue weighted by atomic mass is 10.3. The lowest BCUT2D eigenvalue weighted by molar-refractivity contribution is 0.832. The summed E-state index contributed by atoms with van der Waals surface area (Å²) in [7, 11) is 0. The summed E-state index contributed by atoms with van der Waals surface area (Å²) in [5, 5.41) is 4.82. The zero-order valence-electron chi connectivity index (χ0n) is 8.51. The molecule has 2 aromatic heterocycles. The van der Waals surface area contributed by atoms with Crippen molar-refractivity contribution < 1.29 is 0 Å². The van der Waals surface area contributed by atoms with Gasteiger partial charge in [-0.2, -0.15) is 5.10 Å². The third-order valence-electron chi connectivity index (χ3n) is 2.11. The van der Waals surface area contributed by atoms with E-state index < -0.39 is 0 Å². The van der Waals surface area contributed by atoms with Crippen LogP contribution in [0.5, 0.6) is 0 Å². The molecule has 0 spiro atoms. The van der Waals surface area contributed by atoms with Gasteiger partial charge >= 0.3 is 0 Å². The summed E-state index contributed by atoms with van der Waals surface area (Å²) in [6, 6.07) is 3.59. The molecule has 2 heterocycles. The van der Waals surface area contributed by atoms with Crippen LogP contribution in [0, 0.1) is 6.92 Å². The second-order valence-corrected chi connectivity index (χ2v) is 4.12. The highest BCUT2D eigenvalue weighted by molar-refractivity contribution is 7.80. The van der Waals surface area contributed by atoms with Gasteiger partial charge < -0.3 is 5.73 Å². The molecule has 0 aliphatic heterocycles. The summed E-state index contributed by atoms with van der Waals surface area (Å²) in [5.74, 6) is 0.676. The van der Waals surface area contributed by atoms with Gasteiger partial charge in [0.05, 0.1) is 16.9 Å². The highest BCUT2D eigenvalue weighted by atomic mass is 35.5. The number of nitrogens with two attached hydrogens (primary N) is 1. The summed E-state index contributed by atoms with van der Waals surface area (Å²) >= 11 is 10.8. The number of thiocarbonyl (C=S) groups is 1. The van der Waals surface area contributed by atoms with Crippen LogP contribution in [0.25, 0.3) is 5.82 Å². The maximum Gasteiger partial charge on any atom is 0.153 e. The quantitative estimate of drug-likeness (QED) is 0.829. The minimum Gasteiger partial charge on any atom is -0.389 e. The normalized spacial score (nSPS) is 10.4. The standard InChI is InChI=1S/C10H9ClN4S/c1-6-8(11)5-15(14-6)9-3-2-7(4-13-9)10(12)16/h2-5H,1H3,(H2,12,16). The molecule has 0 amide bonds. The van der Waals surface area contributed by atoms with Gasteiger partial charge in [-0.25, -0.2) is 9.67 Å². The smallest absolute Gasteiger partial charge is 0.153 e. The van der Waals surface area contributed by atoms with E-state index in [1.807, 2.05) is 6.92 Å². The van der Waals surface area contributed by atoms with Crippen molar-refractivity contribution in [3.8, 4) is 5.82 Å². The van der Waals surface area contributed by atoms with Crippen molar-refractivity contribution in [2.45, 2.75) is 6.92 Å². The molecule has 82 valence electrons. The maximum atomic E-state index is 5.91. The molecule has 16 heavy (non-hydrogen) atoms. The van der Waals surface area contributed by atoms with Crippen molar-refractivity contribution in [3.63, 3.8) is 0 Å². The molecule has 4 nitrogen and oxygen atoms in total. The van der Waals surface area contributed by atoms with Crippen molar-refractivity contribution >= 4 is 28.8 Å². The minimum atomic E-state index is 0.328. The molecular weight excluding hydrogens is 244 g/mol. The maximum absolute atomic E-state index is 5.91. The van der Waals surface area contributed by atoms with E-state index in [4.69, 9.17) is 29.6 Å². The number of halogens is 1. The molecule has 0 fully saturated rings. The van der Waals surface area contributed by atoms with Crippen molar-refractivity contribution in [1.82, 2.24) is 14.8 Å². The van der Waals surface area contributed by atoms with Gasteiger partial charge in [-0.3, -0.25) is 0 Å². The predicted molar refractivity (Wildman–Crippen MR) is 67.0 cm³/mol. The van der Waals surface area contributed by atoms with E-state index in [0.29, 0.717) is 15.8 Å². The van der Waals surface area contributed by atoms with Crippen LogP contribution in [-0.2, 0) is 0 Å². The summed E-state index contributed by atoms with van der Waals surface area (Å²) in [6.45, 7) is 1.84. The van der Waals surface area contributed by atoms with Gasteiger partial charge in [-0.05, 0) is 19.1 Å². The van der Waals surface area contributed by atoms with Gasteiger partial charge in [-0.1, -0.05) is 23.8 Å². The summed E-state index contributed by atoms with van der Waals surface area (Å²) in [4.78, 5) is 4.53. The Balaban J connectivity index is 2.38. The zero-order valence-corrected chi connectivity index (χ0v) is 10.1. The number of aromatic nitrogens is 3. The van der Waals surface area contributed by atoms with Crippen LogP contribution >= 0.6 is 23.8 Å². The van der Waals surface area contributed by atoms with Crippen LogP contribution in [0.4, 0.5) is 0 Å². The van der Waals surface area contributed by atoms with E-state index in [9.17, 15) is 0 Å². The molecular formula is C10H9ClN4S. The molecule has 2 N–H and O–H groups in total. The number of nitrogens with zero attached hydrogens (tertiary/aromatic N) is 3. The lowest BCUT2D eigenvalue weighted by Crippen LogP contribution is -2.10. The third kappa shape index (κ3) is 2.05. The SMILES string of the molecule is Cc1nn(-c2ccc(C(N)=S)cn2)cc1Cl. The molecule has 6 heteroatoms. The fraction of sp³-hybridized carbons (Fsp3) is 0.100. The largest absolute Gasteiger partial charge is 0.389 e. The second kappa shape index (κ2) is 4.19. The van der Waals surface area contributed by atoms with Crippen LogP contribution in [0.2, 0.25) is 5.02 Å². The highest BCUT2D eigenvalue weighted by Crippen LogP contribution is 2.15. The van der Waals surface area contributed by atoms with E-state index in [2.05, 4.69) is 10.1 Å². The Morgan fingerprint density at radius 3 is 2.69 bits per heavy atom. The molecule has 0 aliphatic rings. The second-order valence-electron chi connectivity index (χ2n) is 3.28. The van der Waals surface area contributed by atoms with Gasteiger partial charge in [0.25, 0.3) is 0 Å². The average molecular weight is 253 g/mol. The predicted octanol–water partition coefficient (Wildman–Crippen LogP) is 1.86. The molecule has 0 aliphatic carbocycles. The van der Waals surface area contributed by atoms with Crippen molar-refractivity contribution in [2.24, 2.45) is 5.73 Å². The van der Waals surface area contributed by atoms with Crippen molar-refractivity contribution in [2.75, 3.05) is 0 Å². The highest BCUT2D eigenvalue weighted by Gasteiger charge is 2.05. The first-order valence-electron chi connectivity index (χ1n) is 4.56. The molecule has 0 aromatic carbocycles. The molecule has 0 unspecified atom stereocenters. The van der Waals surface area contributed by atoms with Crippen LogP contribution in [0.1, 0.15) is 11.3 Å². The molecule has 0 saturated heterocycles. The van der Waals surface area contributed by atoms with Gasteiger partial charge in [-0.15, -0.1) is 0 Å². The molecule has 2 rings (SSSR count). The van der Waals surface area contributed by atoms with E-state index in [1.54, 1.807) is 29.2 Å². The number of aryl methyl sites for hydroxylation is 1. The van der Waals surface area contributed by atoms with Gasteiger partial charge in [0.1, 0.15) is 4.99 Å². The first-order valence-corrected chi connectivity index (χ1v) is 5.34. The summed E-state index contributed by atoms with van der Waals surface area (Å²) in [6.07, 6.45) is 3.32. The molecule has 0 atom stereocenters. The monoisotopic (exact) mass is 252 g/mol. The number of rotatable bonds is 2. The first-order chi connectivity index (χ1) is 7.58. The topological polar surface area (TPSA) is 56.7 Å². The minimum absolute atomic E-state index is 0.328. The van der Waals surface area contributed by atoms with Crippen molar-refractivity contribution in [3.05, 3.63) is 40.8 Å². The first kappa shape index (κ1) is 11.0. The fourth-order valence-electron chi connectivity index (χ4n) is 1.22. The van der Waals surface area contributed by atoms with Gasteiger partial charge in [0.2, 0.25) is 0 Å². The van der Waals surface area contributed by atoms with Crippen LogP contribution in [-0.4, -0.2) is 19.8 Å². The molecule has 0 bridgehead atoms. The zero-order chi connectivity index (χ0) is 11.7. The van der Waals surface area contributed by atoms with Gasteiger partial charge in [0.15, 0.2) is 5.82 Å². The average Bonchev–Trinajstić information content (AvgIpc) is 2.59. The summed E-state index contributed by atoms with van der Waals surface area (Å²) < 4.78 is 1.61. The third-order valence-corrected chi connectivity index (χ3v) is 2.71. The number of pyridine rings is 1. The van der Waals surface area contributed by atoms with E-state index in [1.165, 1.54) is 0 Å². The lowest BCUT2D eigenvalue weighted by Gasteiger charge is -2.01. The van der Waals surface area contributed by atoms with Crippen LogP contribution in [0.3, 0.4) is 0 Å². The Kier molecular flexibility index (Phi) is 2.89. The van der Waals surface area contributed by atoms with Gasteiger partial charge in [0, 0.05) is 11.8 Å². The Bertz CT molecular complexity index is 513. The Hall–Kier alpha value is -1.46. The van der Waals surface area contributed by atoms with E-state index in [-0.39, 0.29) is 0 Å². The van der Waals surface area contributed by atoms with Crippen LogP contribution in [0.15, 0.2) is 24.5 Å². The Morgan fingerprint density at radius 2 is 2.25 bits per heavy atom. The fourth-order valence-corrected chi connectivity index (χ4v) is 1.47. The molecule has 2 aromatic rings. The van der Waals surface area contributed by atoms with E-state index in [0.717, 1.165) is 11.3 Å². The van der Waals surface area contributed by atoms with Crippen LogP contribution < -0.4 is 5.73 Å². The summed E-state index contributed by atoms with van der Waals surface area (Å²) in [5.41, 5.74) is 6.97.